The fraction of sp³-hybridized carbons (Fsp3) is 0.529. The first kappa shape index (κ1) is 16.5. The molecule has 0 spiro atoms. The van der Waals surface area contributed by atoms with Gasteiger partial charge in [-0.3, -0.25) is 4.79 Å². The third-order valence-electron chi connectivity index (χ3n) is 4.12. The van der Waals surface area contributed by atoms with Gasteiger partial charge in [0.2, 0.25) is 0 Å². The monoisotopic (exact) mass is 305 g/mol. The molecule has 1 heterocycles. The Bertz CT molecular complexity index is 542. The van der Waals surface area contributed by atoms with Crippen molar-refractivity contribution in [1.29, 1.82) is 0 Å². The van der Waals surface area contributed by atoms with Gasteiger partial charge < -0.3 is 15.1 Å². The molecule has 22 heavy (non-hydrogen) atoms. The maximum absolute atomic E-state index is 12.4. The quantitative estimate of drug-likeness (QED) is 0.891. The molecule has 2 rings (SSSR count). The molecule has 1 aromatic rings. The summed E-state index contributed by atoms with van der Waals surface area (Å²) in [6.07, 6.45) is 1.11. The lowest BCUT2D eigenvalue weighted by molar-refractivity contribution is -0.162. The van der Waals surface area contributed by atoms with Crippen LogP contribution in [0.1, 0.15) is 42.6 Å². The van der Waals surface area contributed by atoms with E-state index in [1.807, 2.05) is 24.3 Å². The SMILES string of the molecule is CC(C)Cc1ccc(C(=O)N2CCC(O)(C(=O)O)CC2)cc1. The summed E-state index contributed by atoms with van der Waals surface area (Å²) in [5.74, 6) is -0.751. The molecule has 2 N–H and O–H groups in total. The summed E-state index contributed by atoms with van der Waals surface area (Å²) in [7, 11) is 0. The number of hydrogen-bond acceptors (Lipinski definition) is 3. The Morgan fingerprint density at radius 1 is 1.18 bits per heavy atom. The van der Waals surface area contributed by atoms with E-state index < -0.39 is 11.6 Å². The predicted molar refractivity (Wildman–Crippen MR) is 82.7 cm³/mol. The van der Waals surface area contributed by atoms with Crippen molar-refractivity contribution in [2.45, 2.75) is 38.7 Å². The van der Waals surface area contributed by atoms with Crippen LogP contribution in [-0.2, 0) is 11.2 Å². The van der Waals surface area contributed by atoms with Crippen molar-refractivity contribution < 1.29 is 19.8 Å². The highest BCUT2D eigenvalue weighted by Gasteiger charge is 2.40. The van der Waals surface area contributed by atoms with E-state index in [1.54, 1.807) is 4.90 Å². The van der Waals surface area contributed by atoms with Crippen molar-refractivity contribution in [1.82, 2.24) is 4.90 Å². The molecule has 5 nitrogen and oxygen atoms in total. The molecule has 5 heteroatoms. The van der Waals surface area contributed by atoms with E-state index in [0.29, 0.717) is 11.5 Å². The first-order valence-corrected chi connectivity index (χ1v) is 7.66. The maximum Gasteiger partial charge on any atom is 0.335 e. The number of carbonyl (C=O) groups is 2. The summed E-state index contributed by atoms with van der Waals surface area (Å²) in [5, 5.41) is 18.9. The topological polar surface area (TPSA) is 77.8 Å². The molecule has 1 aliphatic heterocycles. The minimum absolute atomic E-state index is 0.0690. The summed E-state index contributed by atoms with van der Waals surface area (Å²) in [6, 6.07) is 7.56. The number of amides is 1. The predicted octanol–water partition coefficient (Wildman–Crippen LogP) is 1.94. The second-order valence-corrected chi connectivity index (χ2v) is 6.42. The number of nitrogens with zero attached hydrogens (tertiary/aromatic N) is 1. The Hall–Kier alpha value is -1.88. The van der Waals surface area contributed by atoms with Gasteiger partial charge in [0.15, 0.2) is 5.60 Å². The average Bonchev–Trinajstić information content (AvgIpc) is 2.47. The van der Waals surface area contributed by atoms with E-state index in [4.69, 9.17) is 5.11 Å². The summed E-state index contributed by atoms with van der Waals surface area (Å²) < 4.78 is 0. The van der Waals surface area contributed by atoms with Crippen molar-refractivity contribution >= 4 is 11.9 Å². The number of carboxylic acid groups (broad SMARTS) is 1. The minimum atomic E-state index is -1.70. The van der Waals surface area contributed by atoms with Crippen LogP contribution in [0.15, 0.2) is 24.3 Å². The van der Waals surface area contributed by atoms with E-state index in [-0.39, 0.29) is 31.8 Å². The van der Waals surface area contributed by atoms with Gasteiger partial charge in [0, 0.05) is 31.5 Å². The molecule has 0 saturated carbocycles. The second kappa shape index (κ2) is 6.48. The average molecular weight is 305 g/mol. The molecule has 0 atom stereocenters. The van der Waals surface area contributed by atoms with Gasteiger partial charge in [-0.2, -0.15) is 0 Å². The fourth-order valence-electron chi connectivity index (χ4n) is 2.73. The molecule has 1 amide bonds. The van der Waals surface area contributed by atoms with Crippen molar-refractivity contribution in [2.75, 3.05) is 13.1 Å². The summed E-state index contributed by atoms with van der Waals surface area (Å²) in [4.78, 5) is 25.0. The molecule has 0 radical (unpaired) electrons. The lowest BCUT2D eigenvalue weighted by atomic mass is 9.91. The Morgan fingerprint density at radius 2 is 1.73 bits per heavy atom. The number of hydrogen-bond donors (Lipinski definition) is 2. The van der Waals surface area contributed by atoms with Crippen molar-refractivity contribution in [3.63, 3.8) is 0 Å². The van der Waals surface area contributed by atoms with Crippen molar-refractivity contribution in [2.24, 2.45) is 5.92 Å². The summed E-state index contributed by atoms with van der Waals surface area (Å²) >= 11 is 0. The van der Waals surface area contributed by atoms with Crippen LogP contribution in [0.3, 0.4) is 0 Å². The number of aliphatic hydroxyl groups is 1. The number of piperidine rings is 1. The van der Waals surface area contributed by atoms with Crippen molar-refractivity contribution in [3.05, 3.63) is 35.4 Å². The lowest BCUT2D eigenvalue weighted by Gasteiger charge is -2.35. The largest absolute Gasteiger partial charge is 0.479 e. The van der Waals surface area contributed by atoms with Crippen LogP contribution in [0.25, 0.3) is 0 Å². The van der Waals surface area contributed by atoms with Crippen LogP contribution < -0.4 is 0 Å². The lowest BCUT2D eigenvalue weighted by Crippen LogP contribution is -2.50. The molecule has 1 fully saturated rings. The zero-order valence-electron chi connectivity index (χ0n) is 13.1. The van der Waals surface area contributed by atoms with E-state index >= 15 is 0 Å². The Labute approximate surface area is 130 Å². The third-order valence-corrected chi connectivity index (χ3v) is 4.12. The summed E-state index contributed by atoms with van der Waals surface area (Å²) in [6.45, 7) is 4.82. The molecular formula is C17H23NO4. The molecule has 1 saturated heterocycles. The van der Waals surface area contributed by atoms with Crippen LogP contribution in [0.5, 0.6) is 0 Å². The van der Waals surface area contributed by atoms with Gasteiger partial charge in [-0.25, -0.2) is 4.79 Å². The van der Waals surface area contributed by atoms with Crippen LogP contribution in [0, 0.1) is 5.92 Å². The first-order valence-electron chi connectivity index (χ1n) is 7.66. The number of benzene rings is 1. The highest BCUT2D eigenvalue weighted by Crippen LogP contribution is 2.23. The number of carbonyl (C=O) groups excluding carboxylic acids is 1. The van der Waals surface area contributed by atoms with E-state index in [9.17, 15) is 14.7 Å². The number of rotatable bonds is 4. The number of aliphatic carboxylic acids is 1. The van der Waals surface area contributed by atoms with E-state index in [2.05, 4.69) is 13.8 Å². The smallest absolute Gasteiger partial charge is 0.335 e. The van der Waals surface area contributed by atoms with Crippen molar-refractivity contribution in [3.8, 4) is 0 Å². The molecule has 0 aromatic heterocycles. The molecule has 1 aliphatic rings. The van der Waals surface area contributed by atoms with E-state index in [0.717, 1.165) is 6.42 Å². The first-order chi connectivity index (χ1) is 10.3. The highest BCUT2D eigenvalue weighted by atomic mass is 16.4. The molecule has 0 aliphatic carbocycles. The maximum atomic E-state index is 12.4. The van der Waals surface area contributed by atoms with Crippen LogP contribution in [0.2, 0.25) is 0 Å². The molecule has 120 valence electrons. The zero-order valence-corrected chi connectivity index (χ0v) is 13.1. The Balaban J connectivity index is 1.99. The standard InChI is InChI=1S/C17H23NO4/c1-12(2)11-13-3-5-14(6-4-13)15(19)18-9-7-17(22,8-10-18)16(20)21/h3-6,12,22H,7-11H2,1-2H3,(H,20,21). The molecule has 0 unspecified atom stereocenters. The van der Waals surface area contributed by atoms with Gasteiger partial charge in [0.05, 0.1) is 0 Å². The van der Waals surface area contributed by atoms with Gasteiger partial charge in [0.1, 0.15) is 0 Å². The van der Waals surface area contributed by atoms with Gasteiger partial charge in [-0.15, -0.1) is 0 Å². The highest BCUT2D eigenvalue weighted by molar-refractivity contribution is 5.94. The minimum Gasteiger partial charge on any atom is -0.479 e. The molecular weight excluding hydrogens is 282 g/mol. The molecule has 0 bridgehead atoms. The zero-order chi connectivity index (χ0) is 16.3. The van der Waals surface area contributed by atoms with Gasteiger partial charge in [-0.1, -0.05) is 26.0 Å². The van der Waals surface area contributed by atoms with Crippen LogP contribution in [-0.4, -0.2) is 45.7 Å². The van der Waals surface area contributed by atoms with E-state index in [1.165, 1.54) is 5.56 Å². The normalized spacial score (nSPS) is 17.5. The summed E-state index contributed by atoms with van der Waals surface area (Å²) in [5.41, 5.74) is 0.108. The van der Waals surface area contributed by atoms with Crippen LogP contribution in [0.4, 0.5) is 0 Å². The fourth-order valence-corrected chi connectivity index (χ4v) is 2.73. The van der Waals surface area contributed by atoms with Crippen LogP contribution >= 0.6 is 0 Å². The number of carboxylic acids is 1. The van der Waals surface area contributed by atoms with Gasteiger partial charge in [0.25, 0.3) is 5.91 Å². The Morgan fingerprint density at radius 3 is 2.18 bits per heavy atom. The third kappa shape index (κ3) is 3.65. The van der Waals surface area contributed by atoms with Gasteiger partial charge >= 0.3 is 5.97 Å². The number of likely N-dealkylation sites (tertiary alicyclic amines) is 1. The Kier molecular flexibility index (Phi) is 4.86. The second-order valence-electron chi connectivity index (χ2n) is 6.42. The molecule has 1 aromatic carbocycles. The van der Waals surface area contributed by atoms with Gasteiger partial charge in [-0.05, 0) is 30.0 Å².